The number of rotatable bonds is 3. The van der Waals surface area contributed by atoms with Crippen LogP contribution in [-0.4, -0.2) is 9.97 Å². The normalized spacial score (nSPS) is 12.1. The minimum Gasteiger partial charge on any atom is -0.384 e. The number of aromatic nitrogens is 2. The van der Waals surface area contributed by atoms with Gasteiger partial charge in [-0.05, 0) is 30.7 Å². The Balaban J connectivity index is 2.11. The molecule has 3 N–H and O–H groups in total. The number of hydrogen-bond donors (Lipinski definition) is 2. The van der Waals surface area contributed by atoms with Crippen LogP contribution in [0.3, 0.4) is 0 Å². The average molecular weight is 249 g/mol. The quantitative estimate of drug-likeness (QED) is 0.877. The van der Waals surface area contributed by atoms with Gasteiger partial charge in [0.2, 0.25) is 5.95 Å². The highest BCUT2D eigenvalue weighted by Crippen LogP contribution is 2.19. The number of hydrogen-bond acceptors (Lipinski definition) is 4. The molecule has 0 bridgehead atoms. The Bertz CT molecular complexity index is 498. The first-order valence-corrected chi connectivity index (χ1v) is 5.63. The number of halogens is 1. The third-order valence-corrected chi connectivity index (χ3v) is 2.64. The Morgan fingerprint density at radius 1 is 1.24 bits per heavy atom. The molecule has 2 aromatic rings. The van der Waals surface area contributed by atoms with Crippen molar-refractivity contribution in [2.24, 2.45) is 0 Å². The highest BCUT2D eigenvalue weighted by molar-refractivity contribution is 6.30. The van der Waals surface area contributed by atoms with Gasteiger partial charge in [0.25, 0.3) is 0 Å². The zero-order chi connectivity index (χ0) is 12.3. The molecule has 1 heterocycles. The molecular formula is C12H13ClN4. The fraction of sp³-hybridized carbons (Fsp3) is 0.167. The molecule has 88 valence electrons. The van der Waals surface area contributed by atoms with Crippen LogP contribution in [0, 0.1) is 0 Å². The van der Waals surface area contributed by atoms with Gasteiger partial charge in [0, 0.05) is 11.2 Å². The van der Waals surface area contributed by atoms with Crippen LogP contribution in [0.5, 0.6) is 0 Å². The zero-order valence-corrected chi connectivity index (χ0v) is 10.1. The summed E-state index contributed by atoms with van der Waals surface area (Å²) >= 11 is 5.84. The van der Waals surface area contributed by atoms with E-state index in [9.17, 15) is 0 Å². The van der Waals surface area contributed by atoms with Gasteiger partial charge in [-0.15, -0.1) is 0 Å². The maximum atomic E-state index is 5.84. The molecule has 0 spiro atoms. The van der Waals surface area contributed by atoms with Crippen LogP contribution in [0.1, 0.15) is 18.5 Å². The van der Waals surface area contributed by atoms with Crippen LogP contribution < -0.4 is 11.1 Å². The minimum atomic E-state index is 0.0917. The van der Waals surface area contributed by atoms with Gasteiger partial charge in [0.05, 0.1) is 6.04 Å². The molecular weight excluding hydrogens is 236 g/mol. The van der Waals surface area contributed by atoms with E-state index in [1.807, 2.05) is 31.2 Å². The van der Waals surface area contributed by atoms with Crippen molar-refractivity contribution >= 4 is 23.4 Å². The van der Waals surface area contributed by atoms with E-state index in [1.54, 1.807) is 12.3 Å². The molecule has 5 heteroatoms. The van der Waals surface area contributed by atoms with E-state index in [0.29, 0.717) is 11.8 Å². The fourth-order valence-electron chi connectivity index (χ4n) is 1.47. The van der Waals surface area contributed by atoms with Crippen LogP contribution in [-0.2, 0) is 0 Å². The molecule has 0 saturated carbocycles. The van der Waals surface area contributed by atoms with Crippen molar-refractivity contribution in [2.45, 2.75) is 13.0 Å². The molecule has 4 nitrogen and oxygen atoms in total. The van der Waals surface area contributed by atoms with Crippen LogP contribution in [0.4, 0.5) is 11.8 Å². The maximum Gasteiger partial charge on any atom is 0.225 e. The number of nitrogens with one attached hydrogen (secondary N) is 1. The number of nitrogens with zero attached hydrogens (tertiary/aromatic N) is 2. The summed E-state index contributed by atoms with van der Waals surface area (Å²) in [7, 11) is 0. The summed E-state index contributed by atoms with van der Waals surface area (Å²) in [5.74, 6) is 0.971. The second-order valence-corrected chi connectivity index (χ2v) is 4.16. The second-order valence-electron chi connectivity index (χ2n) is 3.72. The average Bonchev–Trinajstić information content (AvgIpc) is 2.29. The molecule has 2 rings (SSSR count). The Morgan fingerprint density at radius 3 is 2.59 bits per heavy atom. The van der Waals surface area contributed by atoms with Gasteiger partial charge in [0.1, 0.15) is 5.82 Å². The summed E-state index contributed by atoms with van der Waals surface area (Å²) < 4.78 is 0. The summed E-state index contributed by atoms with van der Waals surface area (Å²) in [6.07, 6.45) is 1.62. The molecule has 0 aliphatic heterocycles. The summed E-state index contributed by atoms with van der Waals surface area (Å²) in [4.78, 5) is 8.18. The first kappa shape index (κ1) is 11.7. The van der Waals surface area contributed by atoms with Crippen LogP contribution in [0.15, 0.2) is 36.5 Å². The van der Waals surface area contributed by atoms with E-state index >= 15 is 0 Å². The Hall–Kier alpha value is -1.81. The number of anilines is 2. The number of nitrogens with two attached hydrogens (primary N) is 1. The summed E-state index contributed by atoms with van der Waals surface area (Å²) in [6.45, 7) is 2.02. The minimum absolute atomic E-state index is 0.0917. The SMILES string of the molecule is CC(Nc1nccc(N)n1)c1ccc(Cl)cc1. The van der Waals surface area contributed by atoms with Gasteiger partial charge in [-0.1, -0.05) is 23.7 Å². The molecule has 0 amide bonds. The van der Waals surface area contributed by atoms with Gasteiger partial charge in [-0.3, -0.25) is 0 Å². The van der Waals surface area contributed by atoms with E-state index in [0.717, 1.165) is 10.6 Å². The van der Waals surface area contributed by atoms with Gasteiger partial charge < -0.3 is 11.1 Å². The van der Waals surface area contributed by atoms with Crippen molar-refractivity contribution in [1.29, 1.82) is 0 Å². The Kier molecular flexibility index (Phi) is 3.44. The van der Waals surface area contributed by atoms with E-state index in [-0.39, 0.29) is 6.04 Å². The molecule has 17 heavy (non-hydrogen) atoms. The summed E-state index contributed by atoms with van der Waals surface area (Å²) in [5.41, 5.74) is 6.70. The highest BCUT2D eigenvalue weighted by atomic mass is 35.5. The lowest BCUT2D eigenvalue weighted by Gasteiger charge is -2.14. The second kappa shape index (κ2) is 5.01. The predicted molar refractivity (Wildman–Crippen MR) is 69.9 cm³/mol. The van der Waals surface area contributed by atoms with Crippen LogP contribution in [0.25, 0.3) is 0 Å². The molecule has 1 aromatic heterocycles. The van der Waals surface area contributed by atoms with Gasteiger partial charge in [-0.25, -0.2) is 4.98 Å². The largest absolute Gasteiger partial charge is 0.384 e. The molecule has 0 radical (unpaired) electrons. The van der Waals surface area contributed by atoms with Crippen LogP contribution in [0.2, 0.25) is 5.02 Å². The van der Waals surface area contributed by atoms with Crippen molar-refractivity contribution in [3.05, 3.63) is 47.1 Å². The Morgan fingerprint density at radius 2 is 1.94 bits per heavy atom. The van der Waals surface area contributed by atoms with E-state index in [2.05, 4.69) is 15.3 Å². The fourth-order valence-corrected chi connectivity index (χ4v) is 1.60. The lowest BCUT2D eigenvalue weighted by atomic mass is 10.1. The Labute approximate surface area is 105 Å². The molecule has 0 aliphatic rings. The third-order valence-electron chi connectivity index (χ3n) is 2.39. The maximum absolute atomic E-state index is 5.84. The molecule has 0 aliphatic carbocycles. The molecule has 1 atom stereocenters. The van der Waals surface area contributed by atoms with Crippen molar-refractivity contribution < 1.29 is 0 Å². The number of benzene rings is 1. The monoisotopic (exact) mass is 248 g/mol. The number of nitrogen functional groups attached to an aromatic ring is 1. The first-order chi connectivity index (χ1) is 8.15. The summed E-state index contributed by atoms with van der Waals surface area (Å²) in [5, 5.41) is 3.90. The summed E-state index contributed by atoms with van der Waals surface area (Å²) in [6, 6.07) is 9.38. The third kappa shape index (κ3) is 3.07. The lowest BCUT2D eigenvalue weighted by Crippen LogP contribution is -2.09. The van der Waals surface area contributed by atoms with E-state index in [1.165, 1.54) is 0 Å². The molecule has 0 saturated heterocycles. The smallest absolute Gasteiger partial charge is 0.225 e. The zero-order valence-electron chi connectivity index (χ0n) is 9.39. The highest BCUT2D eigenvalue weighted by Gasteiger charge is 2.06. The van der Waals surface area contributed by atoms with Crippen molar-refractivity contribution in [3.63, 3.8) is 0 Å². The predicted octanol–water partition coefficient (Wildman–Crippen LogP) is 2.89. The van der Waals surface area contributed by atoms with Crippen molar-refractivity contribution in [3.8, 4) is 0 Å². The van der Waals surface area contributed by atoms with Gasteiger partial charge >= 0.3 is 0 Å². The van der Waals surface area contributed by atoms with E-state index in [4.69, 9.17) is 17.3 Å². The topological polar surface area (TPSA) is 63.8 Å². The van der Waals surface area contributed by atoms with E-state index < -0.39 is 0 Å². The molecule has 0 fully saturated rings. The molecule has 1 unspecified atom stereocenters. The lowest BCUT2D eigenvalue weighted by molar-refractivity contribution is 0.861. The van der Waals surface area contributed by atoms with Gasteiger partial charge in [-0.2, -0.15) is 4.98 Å². The van der Waals surface area contributed by atoms with Crippen molar-refractivity contribution in [1.82, 2.24) is 9.97 Å². The van der Waals surface area contributed by atoms with Gasteiger partial charge in [0.15, 0.2) is 0 Å². The van der Waals surface area contributed by atoms with Crippen molar-refractivity contribution in [2.75, 3.05) is 11.1 Å². The standard InChI is InChI=1S/C12H13ClN4/c1-8(9-2-4-10(13)5-3-9)16-12-15-7-6-11(14)17-12/h2-8H,1H3,(H3,14,15,16,17). The molecule has 1 aromatic carbocycles. The first-order valence-electron chi connectivity index (χ1n) is 5.25. The van der Waals surface area contributed by atoms with Crippen LogP contribution >= 0.6 is 11.6 Å².